The highest BCUT2D eigenvalue weighted by Crippen LogP contribution is 2.51. The third-order valence-electron chi connectivity index (χ3n) is 4.31. The first kappa shape index (κ1) is 14.3. The third-order valence-corrected chi connectivity index (χ3v) is 4.31. The van der Waals surface area contributed by atoms with E-state index in [-0.39, 0.29) is 12.1 Å². The van der Waals surface area contributed by atoms with Crippen LogP contribution in [0.3, 0.4) is 0 Å². The molecule has 0 amide bonds. The van der Waals surface area contributed by atoms with Gasteiger partial charge in [0.2, 0.25) is 0 Å². The van der Waals surface area contributed by atoms with E-state index in [4.69, 9.17) is 9.47 Å². The monoisotopic (exact) mass is 266 g/mol. The molecule has 2 bridgehead atoms. The van der Waals surface area contributed by atoms with E-state index in [0.29, 0.717) is 24.4 Å². The van der Waals surface area contributed by atoms with Gasteiger partial charge < -0.3 is 14.6 Å². The topological polar surface area (TPSA) is 55.8 Å². The van der Waals surface area contributed by atoms with E-state index in [1.807, 2.05) is 0 Å². The van der Waals surface area contributed by atoms with E-state index in [2.05, 4.69) is 13.2 Å². The molecule has 1 N–H and O–H groups in total. The molecular weight excluding hydrogens is 244 g/mol. The molecule has 0 heterocycles. The number of aliphatic hydroxyl groups is 1. The van der Waals surface area contributed by atoms with E-state index >= 15 is 0 Å². The summed E-state index contributed by atoms with van der Waals surface area (Å²) in [4.78, 5) is 11.0. The molecule has 0 aromatic carbocycles. The van der Waals surface area contributed by atoms with E-state index in [0.717, 1.165) is 19.3 Å². The van der Waals surface area contributed by atoms with Gasteiger partial charge in [0.15, 0.2) is 6.29 Å². The van der Waals surface area contributed by atoms with Crippen LogP contribution >= 0.6 is 0 Å². The second kappa shape index (κ2) is 6.35. The van der Waals surface area contributed by atoms with Crippen molar-refractivity contribution in [3.63, 3.8) is 0 Å². The fraction of sp³-hybridized carbons (Fsp3) is 0.667. The fourth-order valence-electron chi connectivity index (χ4n) is 3.52. The zero-order chi connectivity index (χ0) is 13.8. The van der Waals surface area contributed by atoms with Crippen molar-refractivity contribution in [2.75, 3.05) is 6.61 Å². The molecule has 0 saturated heterocycles. The SMILES string of the molecule is C=CC(=O)OCCC1CC2CC(OC(O)C=C)C1C2. The molecule has 0 aromatic rings. The van der Waals surface area contributed by atoms with Crippen LogP contribution in [-0.2, 0) is 14.3 Å². The normalized spacial score (nSPS) is 33.9. The Morgan fingerprint density at radius 3 is 2.79 bits per heavy atom. The van der Waals surface area contributed by atoms with Gasteiger partial charge in [-0.15, -0.1) is 0 Å². The second-order valence-corrected chi connectivity index (χ2v) is 5.46. The summed E-state index contributed by atoms with van der Waals surface area (Å²) in [6, 6.07) is 0. The lowest BCUT2D eigenvalue weighted by molar-refractivity contribution is -0.139. The summed E-state index contributed by atoms with van der Waals surface area (Å²) in [5.74, 6) is 1.32. The third kappa shape index (κ3) is 3.45. The smallest absolute Gasteiger partial charge is 0.330 e. The first-order chi connectivity index (χ1) is 9.13. The number of ether oxygens (including phenoxy) is 2. The first-order valence-corrected chi connectivity index (χ1v) is 6.89. The van der Waals surface area contributed by atoms with Gasteiger partial charge in [0.05, 0.1) is 12.7 Å². The minimum Gasteiger partial charge on any atom is -0.463 e. The van der Waals surface area contributed by atoms with Crippen molar-refractivity contribution >= 4 is 5.97 Å². The van der Waals surface area contributed by atoms with Gasteiger partial charge in [-0.25, -0.2) is 4.79 Å². The molecule has 5 atom stereocenters. The fourth-order valence-corrected chi connectivity index (χ4v) is 3.52. The van der Waals surface area contributed by atoms with Crippen LogP contribution in [0.1, 0.15) is 25.7 Å². The molecule has 19 heavy (non-hydrogen) atoms. The van der Waals surface area contributed by atoms with E-state index in [1.54, 1.807) is 0 Å². The number of fused-ring (bicyclic) bond motifs is 2. The molecule has 4 nitrogen and oxygen atoms in total. The van der Waals surface area contributed by atoms with E-state index < -0.39 is 6.29 Å². The molecule has 2 saturated carbocycles. The van der Waals surface area contributed by atoms with Gasteiger partial charge in [-0.3, -0.25) is 0 Å². The van der Waals surface area contributed by atoms with Crippen molar-refractivity contribution < 1.29 is 19.4 Å². The van der Waals surface area contributed by atoms with Crippen LogP contribution in [-0.4, -0.2) is 30.1 Å². The van der Waals surface area contributed by atoms with Crippen molar-refractivity contribution in [2.24, 2.45) is 17.8 Å². The van der Waals surface area contributed by atoms with Gasteiger partial charge in [-0.05, 0) is 49.5 Å². The van der Waals surface area contributed by atoms with Gasteiger partial charge in [-0.1, -0.05) is 13.2 Å². The van der Waals surface area contributed by atoms with Crippen molar-refractivity contribution in [1.29, 1.82) is 0 Å². The Labute approximate surface area is 114 Å². The average Bonchev–Trinajstić information content (AvgIpc) is 2.97. The highest BCUT2D eigenvalue weighted by molar-refractivity contribution is 5.81. The van der Waals surface area contributed by atoms with Crippen molar-refractivity contribution in [1.82, 2.24) is 0 Å². The number of aliphatic hydroxyl groups excluding tert-OH is 1. The molecule has 0 aromatic heterocycles. The Balaban J connectivity index is 1.79. The largest absolute Gasteiger partial charge is 0.463 e. The lowest BCUT2D eigenvalue weighted by atomic mass is 9.84. The number of carbonyl (C=O) groups is 1. The van der Waals surface area contributed by atoms with Crippen molar-refractivity contribution in [3.05, 3.63) is 25.3 Å². The summed E-state index contributed by atoms with van der Waals surface area (Å²) in [5.41, 5.74) is 0. The summed E-state index contributed by atoms with van der Waals surface area (Å²) >= 11 is 0. The molecule has 2 aliphatic rings. The molecule has 5 unspecified atom stereocenters. The van der Waals surface area contributed by atoms with Gasteiger partial charge in [0.1, 0.15) is 0 Å². The quantitative estimate of drug-likeness (QED) is 0.331. The van der Waals surface area contributed by atoms with Crippen LogP contribution in [0.15, 0.2) is 25.3 Å². The Morgan fingerprint density at radius 2 is 2.16 bits per heavy atom. The minimum absolute atomic E-state index is 0.117. The van der Waals surface area contributed by atoms with E-state index in [1.165, 1.54) is 18.6 Å². The lowest BCUT2D eigenvalue weighted by Gasteiger charge is -2.30. The molecule has 0 radical (unpaired) electrons. The van der Waals surface area contributed by atoms with Crippen molar-refractivity contribution in [3.8, 4) is 0 Å². The number of rotatable bonds is 7. The molecule has 2 fully saturated rings. The molecule has 0 spiro atoms. The standard InChI is InChI=1S/C15H22O4/c1-3-14(16)18-6-5-11-7-10-8-12(11)13(9-10)19-15(17)4-2/h3-4,10-13,15,17H,1-2,5-9H2. The molecular formula is C15H22O4. The number of esters is 1. The Kier molecular flexibility index (Phi) is 4.77. The lowest BCUT2D eigenvalue weighted by Crippen LogP contribution is -2.31. The molecule has 2 rings (SSSR count). The Hall–Kier alpha value is -1.13. The summed E-state index contributed by atoms with van der Waals surface area (Å²) in [6.07, 6.45) is 6.08. The Bertz CT molecular complexity index is 352. The van der Waals surface area contributed by atoms with Gasteiger partial charge >= 0.3 is 5.97 Å². The summed E-state index contributed by atoms with van der Waals surface area (Å²) in [6.45, 7) is 7.33. The molecule has 106 valence electrons. The van der Waals surface area contributed by atoms with Gasteiger partial charge in [0.25, 0.3) is 0 Å². The zero-order valence-corrected chi connectivity index (χ0v) is 11.2. The summed E-state index contributed by atoms with van der Waals surface area (Å²) < 4.78 is 10.6. The summed E-state index contributed by atoms with van der Waals surface area (Å²) in [5, 5.41) is 9.49. The maximum absolute atomic E-state index is 11.0. The number of hydrogen-bond donors (Lipinski definition) is 1. The predicted molar refractivity (Wildman–Crippen MR) is 71.2 cm³/mol. The van der Waals surface area contributed by atoms with Gasteiger partial charge in [0, 0.05) is 6.08 Å². The highest BCUT2D eigenvalue weighted by Gasteiger charge is 2.46. The van der Waals surface area contributed by atoms with Crippen LogP contribution in [0.5, 0.6) is 0 Å². The molecule has 0 aliphatic heterocycles. The Morgan fingerprint density at radius 1 is 1.37 bits per heavy atom. The van der Waals surface area contributed by atoms with Crippen molar-refractivity contribution in [2.45, 2.75) is 38.1 Å². The maximum Gasteiger partial charge on any atom is 0.330 e. The summed E-state index contributed by atoms with van der Waals surface area (Å²) in [7, 11) is 0. The molecule has 2 aliphatic carbocycles. The first-order valence-electron chi connectivity index (χ1n) is 6.89. The maximum atomic E-state index is 11.0. The van der Waals surface area contributed by atoms with Crippen LogP contribution < -0.4 is 0 Å². The predicted octanol–water partition coefficient (Wildman–Crippen LogP) is 2.04. The zero-order valence-electron chi connectivity index (χ0n) is 11.2. The highest BCUT2D eigenvalue weighted by atomic mass is 16.6. The van der Waals surface area contributed by atoms with Gasteiger partial charge in [-0.2, -0.15) is 0 Å². The molecule has 4 heteroatoms. The minimum atomic E-state index is -0.872. The van der Waals surface area contributed by atoms with E-state index in [9.17, 15) is 9.90 Å². The second-order valence-electron chi connectivity index (χ2n) is 5.46. The van der Waals surface area contributed by atoms with Crippen LogP contribution in [0.25, 0.3) is 0 Å². The van der Waals surface area contributed by atoms with Crippen LogP contribution in [0.4, 0.5) is 0 Å². The number of hydrogen-bond acceptors (Lipinski definition) is 4. The number of carbonyl (C=O) groups excluding carboxylic acids is 1. The van der Waals surface area contributed by atoms with Crippen LogP contribution in [0.2, 0.25) is 0 Å². The average molecular weight is 266 g/mol. The van der Waals surface area contributed by atoms with Crippen LogP contribution in [0, 0.1) is 17.8 Å².